The van der Waals surface area contributed by atoms with E-state index in [2.05, 4.69) is 22.8 Å². The van der Waals surface area contributed by atoms with Crippen LogP contribution in [0.2, 0.25) is 0 Å². The van der Waals surface area contributed by atoms with Crippen molar-refractivity contribution in [3.8, 4) is 5.75 Å². The van der Waals surface area contributed by atoms with Crippen molar-refractivity contribution in [3.63, 3.8) is 0 Å². The van der Waals surface area contributed by atoms with E-state index in [9.17, 15) is 4.79 Å². The lowest BCUT2D eigenvalue weighted by Crippen LogP contribution is -2.48. The molecule has 2 N–H and O–H groups in total. The summed E-state index contributed by atoms with van der Waals surface area (Å²) in [6.07, 6.45) is 6.01. The summed E-state index contributed by atoms with van der Waals surface area (Å²) in [7, 11) is 1.67. The summed E-state index contributed by atoms with van der Waals surface area (Å²) in [4.78, 5) is 12.2. The molecule has 4 rings (SSSR count). The Morgan fingerprint density at radius 3 is 2.65 bits per heavy atom. The molecule has 2 aliphatic heterocycles. The zero-order chi connectivity index (χ0) is 15.9. The number of ether oxygens (including phenoxy) is 2. The molecule has 1 aliphatic carbocycles. The third-order valence-electron chi connectivity index (χ3n) is 5.57. The van der Waals surface area contributed by atoms with Gasteiger partial charge in [0.05, 0.1) is 25.4 Å². The number of rotatable bonds is 5. The molecule has 1 saturated carbocycles. The van der Waals surface area contributed by atoms with E-state index in [4.69, 9.17) is 9.47 Å². The zero-order valence-electron chi connectivity index (χ0n) is 13.5. The average molecular weight is 316 g/mol. The van der Waals surface area contributed by atoms with Gasteiger partial charge in [0.25, 0.3) is 0 Å². The van der Waals surface area contributed by atoms with Crippen molar-refractivity contribution in [2.45, 2.75) is 55.8 Å². The summed E-state index contributed by atoms with van der Waals surface area (Å²) in [6.45, 7) is 0.687. The molecule has 0 spiro atoms. The molecule has 23 heavy (non-hydrogen) atoms. The van der Waals surface area contributed by atoms with E-state index in [0.29, 0.717) is 12.6 Å². The minimum Gasteiger partial charge on any atom is -0.497 e. The van der Waals surface area contributed by atoms with Crippen LogP contribution in [0.5, 0.6) is 5.75 Å². The summed E-state index contributed by atoms with van der Waals surface area (Å²) < 4.78 is 11.0. The van der Waals surface area contributed by atoms with Gasteiger partial charge in [0.1, 0.15) is 5.75 Å². The molecule has 5 heteroatoms. The summed E-state index contributed by atoms with van der Waals surface area (Å²) in [5, 5.41) is 6.15. The molecule has 1 aromatic rings. The smallest absolute Gasteiger partial charge is 0.315 e. The lowest BCUT2D eigenvalue weighted by atomic mass is 9.95. The van der Waals surface area contributed by atoms with Crippen LogP contribution in [-0.4, -0.2) is 37.9 Å². The maximum atomic E-state index is 12.2. The van der Waals surface area contributed by atoms with Crippen molar-refractivity contribution >= 4 is 6.03 Å². The van der Waals surface area contributed by atoms with Crippen LogP contribution in [-0.2, 0) is 10.2 Å². The second-order valence-corrected chi connectivity index (χ2v) is 7.05. The van der Waals surface area contributed by atoms with E-state index in [1.54, 1.807) is 7.11 Å². The zero-order valence-corrected chi connectivity index (χ0v) is 13.5. The van der Waals surface area contributed by atoms with Crippen molar-refractivity contribution in [1.29, 1.82) is 0 Å². The standard InChI is InChI=1S/C18H24N2O3/c1-22-13-4-2-12(3-5-13)18(8-9-18)11-19-17(21)20-15-10-14-6-7-16(15)23-14/h2-5,14-16H,6-11H2,1H3,(H2,19,20,21). The van der Waals surface area contributed by atoms with Gasteiger partial charge in [-0.3, -0.25) is 0 Å². The Labute approximate surface area is 136 Å². The fraction of sp³-hybridized carbons (Fsp3) is 0.611. The molecule has 124 valence electrons. The Hall–Kier alpha value is -1.75. The number of carbonyl (C=O) groups is 1. The number of methoxy groups -OCH3 is 1. The van der Waals surface area contributed by atoms with E-state index in [-0.39, 0.29) is 23.6 Å². The minimum atomic E-state index is -0.0639. The van der Waals surface area contributed by atoms with Crippen LogP contribution in [0.4, 0.5) is 4.79 Å². The Morgan fingerprint density at radius 2 is 2.09 bits per heavy atom. The fourth-order valence-corrected chi connectivity index (χ4v) is 3.92. The third-order valence-corrected chi connectivity index (χ3v) is 5.57. The Kier molecular flexibility index (Phi) is 3.68. The molecule has 0 aromatic heterocycles. The monoisotopic (exact) mass is 316 g/mol. The van der Waals surface area contributed by atoms with E-state index < -0.39 is 0 Å². The number of benzene rings is 1. The van der Waals surface area contributed by atoms with Crippen molar-refractivity contribution < 1.29 is 14.3 Å². The summed E-state index contributed by atoms with van der Waals surface area (Å²) in [6, 6.07) is 8.31. The van der Waals surface area contributed by atoms with Crippen molar-refractivity contribution in [2.75, 3.05) is 13.7 Å². The van der Waals surface area contributed by atoms with Crippen LogP contribution in [0.15, 0.2) is 24.3 Å². The van der Waals surface area contributed by atoms with Crippen molar-refractivity contribution in [3.05, 3.63) is 29.8 Å². The number of amides is 2. The molecule has 2 heterocycles. The molecule has 2 amide bonds. The van der Waals surface area contributed by atoms with Crippen LogP contribution in [0.25, 0.3) is 0 Å². The molecule has 5 nitrogen and oxygen atoms in total. The lowest BCUT2D eigenvalue weighted by Gasteiger charge is -2.22. The molecule has 3 aliphatic rings. The SMILES string of the molecule is COc1ccc(C2(CNC(=O)NC3CC4CCC3O4)CC2)cc1. The predicted molar refractivity (Wildman–Crippen MR) is 86.7 cm³/mol. The first-order valence-electron chi connectivity index (χ1n) is 8.53. The van der Waals surface area contributed by atoms with E-state index in [1.807, 2.05) is 12.1 Å². The number of urea groups is 1. The van der Waals surface area contributed by atoms with Gasteiger partial charge in [0.15, 0.2) is 0 Å². The van der Waals surface area contributed by atoms with Gasteiger partial charge in [-0.2, -0.15) is 0 Å². The third kappa shape index (κ3) is 2.90. The number of hydrogen-bond donors (Lipinski definition) is 2. The average Bonchev–Trinajstić information content (AvgIpc) is 3.09. The van der Waals surface area contributed by atoms with E-state index >= 15 is 0 Å². The largest absolute Gasteiger partial charge is 0.497 e. The second-order valence-electron chi connectivity index (χ2n) is 7.05. The molecule has 3 unspecified atom stereocenters. The quantitative estimate of drug-likeness (QED) is 0.876. The Bertz CT molecular complexity index is 582. The molecular formula is C18H24N2O3. The van der Waals surface area contributed by atoms with Gasteiger partial charge in [0, 0.05) is 12.0 Å². The van der Waals surface area contributed by atoms with Crippen LogP contribution >= 0.6 is 0 Å². The first-order chi connectivity index (χ1) is 11.2. The van der Waals surface area contributed by atoms with Gasteiger partial charge in [0.2, 0.25) is 0 Å². The van der Waals surface area contributed by atoms with Gasteiger partial charge in [-0.05, 0) is 49.8 Å². The van der Waals surface area contributed by atoms with Gasteiger partial charge in [-0.15, -0.1) is 0 Å². The molecule has 3 fully saturated rings. The van der Waals surface area contributed by atoms with Crippen LogP contribution in [0.1, 0.15) is 37.7 Å². The van der Waals surface area contributed by atoms with Gasteiger partial charge in [-0.25, -0.2) is 4.79 Å². The van der Waals surface area contributed by atoms with Gasteiger partial charge in [-0.1, -0.05) is 12.1 Å². The molecule has 2 bridgehead atoms. The highest BCUT2D eigenvalue weighted by Crippen LogP contribution is 2.47. The van der Waals surface area contributed by atoms with Crippen LogP contribution in [0.3, 0.4) is 0 Å². The predicted octanol–water partition coefficient (Wildman–Crippen LogP) is 2.35. The number of carbonyl (C=O) groups excluding carboxylic acids is 1. The summed E-state index contributed by atoms with van der Waals surface area (Å²) >= 11 is 0. The van der Waals surface area contributed by atoms with Gasteiger partial charge >= 0.3 is 6.03 Å². The first kappa shape index (κ1) is 14.8. The highest BCUT2D eigenvalue weighted by Gasteiger charge is 2.45. The molecule has 2 saturated heterocycles. The maximum absolute atomic E-state index is 12.2. The molecule has 3 atom stereocenters. The lowest BCUT2D eigenvalue weighted by molar-refractivity contribution is 0.0981. The van der Waals surface area contributed by atoms with Crippen LogP contribution in [0, 0.1) is 0 Å². The molecular weight excluding hydrogens is 292 g/mol. The minimum absolute atomic E-state index is 0.0639. The van der Waals surface area contributed by atoms with Crippen LogP contribution < -0.4 is 15.4 Å². The Morgan fingerprint density at radius 1 is 1.30 bits per heavy atom. The summed E-state index contributed by atoms with van der Waals surface area (Å²) in [5.41, 5.74) is 1.39. The number of hydrogen-bond acceptors (Lipinski definition) is 3. The normalized spacial score (nSPS) is 30.0. The van der Waals surface area contributed by atoms with Crippen molar-refractivity contribution in [2.24, 2.45) is 0 Å². The molecule has 1 aromatic carbocycles. The first-order valence-corrected chi connectivity index (χ1v) is 8.53. The van der Waals surface area contributed by atoms with Gasteiger partial charge < -0.3 is 20.1 Å². The Balaban J connectivity index is 1.30. The maximum Gasteiger partial charge on any atom is 0.315 e. The highest BCUT2D eigenvalue weighted by molar-refractivity contribution is 5.74. The number of fused-ring (bicyclic) bond motifs is 2. The number of nitrogens with one attached hydrogen (secondary N) is 2. The topological polar surface area (TPSA) is 59.6 Å². The second kappa shape index (κ2) is 5.71. The highest BCUT2D eigenvalue weighted by atomic mass is 16.5. The van der Waals surface area contributed by atoms with E-state index in [0.717, 1.165) is 37.9 Å². The fourth-order valence-electron chi connectivity index (χ4n) is 3.92. The van der Waals surface area contributed by atoms with E-state index in [1.165, 1.54) is 5.56 Å². The van der Waals surface area contributed by atoms with Crippen molar-refractivity contribution in [1.82, 2.24) is 10.6 Å². The molecule has 0 radical (unpaired) electrons. The summed E-state index contributed by atoms with van der Waals surface area (Å²) in [5.74, 6) is 0.867.